The van der Waals surface area contributed by atoms with Crippen LogP contribution in [0.15, 0.2) is 42.9 Å². The second-order valence-corrected chi connectivity index (χ2v) is 5.80. The summed E-state index contributed by atoms with van der Waals surface area (Å²) < 4.78 is 27.9. The van der Waals surface area contributed by atoms with Gasteiger partial charge in [0.25, 0.3) is 0 Å². The third-order valence-corrected chi connectivity index (χ3v) is 4.00. The van der Waals surface area contributed by atoms with E-state index in [2.05, 4.69) is 19.9 Å². The van der Waals surface area contributed by atoms with Crippen molar-refractivity contribution in [1.29, 1.82) is 0 Å². The number of aromatic nitrogens is 4. The number of fused-ring (bicyclic) bond motifs is 1. The topological polar surface area (TPSA) is 97.7 Å². The van der Waals surface area contributed by atoms with Crippen LogP contribution in [0.4, 0.5) is 0 Å². The lowest BCUT2D eigenvalue weighted by molar-refractivity contribution is 0.0522. The van der Waals surface area contributed by atoms with Crippen LogP contribution in [0, 0.1) is 0 Å². The zero-order valence-electron chi connectivity index (χ0n) is 15.4. The maximum Gasteiger partial charge on any atom is 0.319 e. The van der Waals surface area contributed by atoms with Crippen LogP contribution < -0.4 is 23.7 Å². The van der Waals surface area contributed by atoms with Crippen molar-refractivity contribution in [2.45, 2.75) is 6.10 Å². The van der Waals surface area contributed by atoms with Crippen LogP contribution in [0.25, 0.3) is 11.3 Å². The average Bonchev–Trinajstić information content (AvgIpc) is 2.77. The molecule has 0 N–H and O–H groups in total. The fraction of sp³-hybridized carbons (Fsp3) is 0.263. The van der Waals surface area contributed by atoms with Gasteiger partial charge in [0.1, 0.15) is 18.9 Å². The minimum absolute atomic E-state index is 0.193. The summed E-state index contributed by atoms with van der Waals surface area (Å²) in [7, 11) is 2.99. The molecule has 4 rings (SSSR count). The molecule has 1 aliphatic rings. The first-order valence-corrected chi connectivity index (χ1v) is 8.56. The van der Waals surface area contributed by atoms with Crippen molar-refractivity contribution < 1.29 is 23.7 Å². The third-order valence-electron chi connectivity index (χ3n) is 4.00. The average molecular weight is 382 g/mol. The molecular weight excluding hydrogens is 364 g/mol. The van der Waals surface area contributed by atoms with Gasteiger partial charge in [-0.05, 0) is 12.1 Å². The molecule has 28 heavy (non-hydrogen) atoms. The molecule has 0 aliphatic carbocycles. The SMILES string of the molecule is COc1ncc(-c2nccnc2OCC2COc3ccccc3O2)c(OC)n1. The highest BCUT2D eigenvalue weighted by Gasteiger charge is 2.23. The van der Waals surface area contributed by atoms with E-state index in [0.717, 1.165) is 5.75 Å². The molecule has 0 bridgehead atoms. The Balaban J connectivity index is 1.53. The number of benzene rings is 1. The lowest BCUT2D eigenvalue weighted by atomic mass is 10.2. The predicted molar refractivity (Wildman–Crippen MR) is 98.0 cm³/mol. The number of hydrogen-bond donors (Lipinski definition) is 0. The van der Waals surface area contributed by atoms with Crippen molar-refractivity contribution in [1.82, 2.24) is 19.9 Å². The highest BCUT2D eigenvalue weighted by Crippen LogP contribution is 2.34. The van der Waals surface area contributed by atoms with Crippen molar-refractivity contribution in [2.75, 3.05) is 27.4 Å². The molecule has 0 amide bonds. The van der Waals surface area contributed by atoms with E-state index in [1.807, 2.05) is 24.3 Å². The lowest BCUT2D eigenvalue weighted by Crippen LogP contribution is -2.34. The van der Waals surface area contributed by atoms with Gasteiger partial charge in [-0.25, -0.2) is 15.0 Å². The van der Waals surface area contributed by atoms with Crippen LogP contribution in [0.1, 0.15) is 0 Å². The molecule has 9 nitrogen and oxygen atoms in total. The van der Waals surface area contributed by atoms with Crippen molar-refractivity contribution in [2.24, 2.45) is 0 Å². The maximum absolute atomic E-state index is 5.91. The van der Waals surface area contributed by atoms with Gasteiger partial charge in [0.2, 0.25) is 11.8 Å². The number of para-hydroxylation sites is 2. The van der Waals surface area contributed by atoms with Crippen molar-refractivity contribution in [3.05, 3.63) is 42.9 Å². The third kappa shape index (κ3) is 3.59. The highest BCUT2D eigenvalue weighted by atomic mass is 16.6. The molecular formula is C19H18N4O5. The van der Waals surface area contributed by atoms with Crippen LogP contribution in [-0.2, 0) is 0 Å². The van der Waals surface area contributed by atoms with E-state index < -0.39 is 0 Å². The molecule has 1 unspecified atom stereocenters. The summed E-state index contributed by atoms with van der Waals surface area (Å²) in [4.78, 5) is 16.9. The van der Waals surface area contributed by atoms with Gasteiger partial charge in [-0.3, -0.25) is 0 Å². The molecule has 3 heterocycles. The molecule has 9 heteroatoms. The van der Waals surface area contributed by atoms with Gasteiger partial charge >= 0.3 is 6.01 Å². The van der Waals surface area contributed by atoms with Gasteiger partial charge < -0.3 is 23.7 Å². The summed E-state index contributed by atoms with van der Waals surface area (Å²) in [6, 6.07) is 7.70. The zero-order chi connectivity index (χ0) is 19.3. The molecule has 0 saturated carbocycles. The van der Waals surface area contributed by atoms with E-state index >= 15 is 0 Å². The summed E-state index contributed by atoms with van der Waals surface area (Å²) >= 11 is 0. The molecule has 1 aliphatic heterocycles. The van der Waals surface area contributed by atoms with E-state index in [4.69, 9.17) is 23.7 Å². The van der Waals surface area contributed by atoms with Gasteiger partial charge in [0.15, 0.2) is 17.6 Å². The van der Waals surface area contributed by atoms with Crippen LogP contribution in [0.5, 0.6) is 29.3 Å². The number of nitrogens with zero attached hydrogens (tertiary/aromatic N) is 4. The standard InChI is InChI=1S/C19H18N4O5/c1-24-17-13(9-22-19(23-17)25-2)16-18(21-8-7-20-16)27-11-12-10-26-14-5-3-4-6-15(14)28-12/h3-9,12H,10-11H2,1-2H3. The maximum atomic E-state index is 5.91. The molecule has 1 atom stereocenters. The Kier molecular flexibility index (Phi) is 5.05. The van der Waals surface area contributed by atoms with Crippen molar-refractivity contribution in [3.8, 4) is 40.5 Å². The van der Waals surface area contributed by atoms with E-state index in [1.54, 1.807) is 18.6 Å². The highest BCUT2D eigenvalue weighted by molar-refractivity contribution is 5.68. The normalized spacial score (nSPS) is 15.0. The molecule has 0 saturated heterocycles. The Hall–Kier alpha value is -3.62. The largest absolute Gasteiger partial charge is 0.486 e. The van der Waals surface area contributed by atoms with Crippen LogP contribution >= 0.6 is 0 Å². The Morgan fingerprint density at radius 2 is 1.82 bits per heavy atom. The molecule has 0 spiro atoms. The molecule has 0 radical (unpaired) electrons. The first-order chi connectivity index (χ1) is 13.8. The monoisotopic (exact) mass is 382 g/mol. The molecule has 144 valence electrons. The lowest BCUT2D eigenvalue weighted by Gasteiger charge is -2.26. The number of rotatable bonds is 6. The zero-order valence-corrected chi connectivity index (χ0v) is 15.4. The smallest absolute Gasteiger partial charge is 0.319 e. The number of methoxy groups -OCH3 is 2. The molecule has 1 aromatic carbocycles. The minimum atomic E-state index is -0.279. The van der Waals surface area contributed by atoms with E-state index in [-0.39, 0.29) is 18.7 Å². The fourth-order valence-corrected chi connectivity index (χ4v) is 2.70. The molecule has 2 aromatic heterocycles. The van der Waals surface area contributed by atoms with Crippen molar-refractivity contribution >= 4 is 0 Å². The molecule has 0 fully saturated rings. The Labute approximate surface area is 161 Å². The van der Waals surface area contributed by atoms with Gasteiger partial charge in [-0.1, -0.05) is 12.1 Å². The summed E-state index contributed by atoms with van der Waals surface area (Å²) in [6.07, 6.45) is 4.38. The Bertz CT molecular complexity index is 969. The summed E-state index contributed by atoms with van der Waals surface area (Å²) in [5.74, 6) is 2.03. The first-order valence-electron chi connectivity index (χ1n) is 8.56. The predicted octanol–water partition coefficient (Wildman–Crippen LogP) is 2.17. The van der Waals surface area contributed by atoms with Gasteiger partial charge in [0, 0.05) is 18.6 Å². The van der Waals surface area contributed by atoms with Crippen LogP contribution in [-0.4, -0.2) is 53.5 Å². The second-order valence-electron chi connectivity index (χ2n) is 5.80. The van der Waals surface area contributed by atoms with Crippen LogP contribution in [0.3, 0.4) is 0 Å². The number of ether oxygens (including phenoxy) is 5. The first kappa shape index (κ1) is 17.8. The van der Waals surface area contributed by atoms with E-state index in [9.17, 15) is 0 Å². The minimum Gasteiger partial charge on any atom is -0.486 e. The summed E-state index contributed by atoms with van der Waals surface area (Å²) in [5.41, 5.74) is 0.997. The Morgan fingerprint density at radius 3 is 2.64 bits per heavy atom. The number of hydrogen-bond acceptors (Lipinski definition) is 9. The summed E-state index contributed by atoms with van der Waals surface area (Å²) in [5, 5.41) is 0. The summed E-state index contributed by atoms with van der Waals surface area (Å²) in [6.45, 7) is 0.612. The quantitative estimate of drug-likeness (QED) is 0.635. The Morgan fingerprint density at radius 1 is 1.00 bits per heavy atom. The fourth-order valence-electron chi connectivity index (χ4n) is 2.70. The van der Waals surface area contributed by atoms with Gasteiger partial charge in [0.05, 0.1) is 19.8 Å². The molecule has 3 aromatic rings. The second kappa shape index (κ2) is 7.95. The van der Waals surface area contributed by atoms with Gasteiger partial charge in [-0.2, -0.15) is 4.98 Å². The van der Waals surface area contributed by atoms with Gasteiger partial charge in [-0.15, -0.1) is 0 Å². The van der Waals surface area contributed by atoms with Crippen molar-refractivity contribution in [3.63, 3.8) is 0 Å². The van der Waals surface area contributed by atoms with E-state index in [0.29, 0.717) is 35.4 Å². The van der Waals surface area contributed by atoms with E-state index in [1.165, 1.54) is 14.2 Å². The van der Waals surface area contributed by atoms with Crippen LogP contribution in [0.2, 0.25) is 0 Å².